The summed E-state index contributed by atoms with van der Waals surface area (Å²) in [6.45, 7) is 7.17. The van der Waals surface area contributed by atoms with Gasteiger partial charge in [-0.2, -0.15) is 4.98 Å². The first-order valence-electron chi connectivity index (χ1n) is 8.77. The number of hydrogen-bond acceptors (Lipinski definition) is 6. The van der Waals surface area contributed by atoms with Crippen molar-refractivity contribution in [2.75, 3.05) is 5.32 Å². The van der Waals surface area contributed by atoms with Crippen LogP contribution in [0.25, 0.3) is 11.4 Å². The molecule has 1 N–H and O–H groups in total. The highest BCUT2D eigenvalue weighted by Gasteiger charge is 2.22. The normalized spacial score (nSPS) is 11.3. The Morgan fingerprint density at radius 1 is 1.21 bits per heavy atom. The lowest BCUT2D eigenvalue weighted by atomic mass is 9.97. The van der Waals surface area contributed by atoms with Crippen molar-refractivity contribution >= 4 is 17.3 Å². The third-order valence-corrected chi connectivity index (χ3v) is 4.24. The molecule has 0 fully saturated rings. The van der Waals surface area contributed by atoms with Gasteiger partial charge in [0.25, 0.3) is 11.6 Å². The van der Waals surface area contributed by atoms with Crippen LogP contribution in [0.4, 0.5) is 15.8 Å². The third kappa shape index (κ3) is 4.29. The fraction of sp³-hybridized carbons (Fsp3) is 0.250. The predicted octanol–water partition coefficient (Wildman–Crippen LogP) is 4.64. The molecule has 0 saturated heterocycles. The zero-order valence-corrected chi connectivity index (χ0v) is 16.3. The molecular formula is C20H19FN4O4. The van der Waals surface area contributed by atoms with E-state index in [-0.39, 0.29) is 16.5 Å². The number of carbonyl (C=O) groups is 1. The van der Waals surface area contributed by atoms with Crippen LogP contribution in [0.3, 0.4) is 0 Å². The summed E-state index contributed by atoms with van der Waals surface area (Å²) in [5.41, 5.74) is 0.145. The van der Waals surface area contributed by atoms with Crippen LogP contribution < -0.4 is 5.32 Å². The molecule has 0 unspecified atom stereocenters. The molecule has 29 heavy (non-hydrogen) atoms. The minimum atomic E-state index is -0.813. The summed E-state index contributed by atoms with van der Waals surface area (Å²) in [5.74, 6) is -0.544. The molecular weight excluding hydrogens is 379 g/mol. The van der Waals surface area contributed by atoms with Crippen molar-refractivity contribution < 1.29 is 18.6 Å². The molecule has 0 bridgehead atoms. The van der Waals surface area contributed by atoms with E-state index in [1.54, 1.807) is 24.3 Å². The summed E-state index contributed by atoms with van der Waals surface area (Å²) >= 11 is 0. The van der Waals surface area contributed by atoms with E-state index in [2.05, 4.69) is 15.5 Å². The fourth-order valence-corrected chi connectivity index (χ4v) is 2.54. The minimum absolute atomic E-state index is 0.120. The van der Waals surface area contributed by atoms with E-state index in [9.17, 15) is 19.3 Å². The Bertz CT molecular complexity index is 1080. The lowest BCUT2D eigenvalue weighted by Crippen LogP contribution is -2.13. The monoisotopic (exact) mass is 398 g/mol. The quantitative estimate of drug-likeness (QED) is 0.506. The van der Waals surface area contributed by atoms with Crippen LogP contribution in [0.15, 0.2) is 40.9 Å². The van der Waals surface area contributed by atoms with E-state index < -0.39 is 22.3 Å². The molecule has 1 amide bonds. The summed E-state index contributed by atoms with van der Waals surface area (Å²) in [5, 5.41) is 17.6. The maximum absolute atomic E-state index is 13.9. The molecule has 9 heteroatoms. The summed E-state index contributed by atoms with van der Waals surface area (Å²) in [7, 11) is 0. The Hall–Kier alpha value is -3.62. The number of carbonyl (C=O) groups excluding carboxylic acids is 1. The van der Waals surface area contributed by atoms with Crippen molar-refractivity contribution in [2.24, 2.45) is 0 Å². The largest absolute Gasteiger partial charge is 0.338 e. The van der Waals surface area contributed by atoms with Crippen molar-refractivity contribution in [3.63, 3.8) is 0 Å². The number of nitrogens with zero attached hydrogens (tertiary/aromatic N) is 3. The summed E-state index contributed by atoms with van der Waals surface area (Å²) < 4.78 is 19.2. The Kier molecular flexibility index (Phi) is 5.15. The molecule has 150 valence electrons. The summed E-state index contributed by atoms with van der Waals surface area (Å²) in [6.07, 6.45) is 0. The third-order valence-electron chi connectivity index (χ3n) is 4.24. The molecule has 3 rings (SSSR count). The molecule has 0 spiro atoms. The van der Waals surface area contributed by atoms with Gasteiger partial charge in [0, 0.05) is 28.3 Å². The van der Waals surface area contributed by atoms with Crippen molar-refractivity contribution in [1.82, 2.24) is 10.1 Å². The fourth-order valence-electron chi connectivity index (χ4n) is 2.54. The van der Waals surface area contributed by atoms with Gasteiger partial charge in [0.1, 0.15) is 5.82 Å². The highest BCUT2D eigenvalue weighted by molar-refractivity contribution is 6.04. The second-order valence-corrected chi connectivity index (χ2v) is 7.56. The Balaban J connectivity index is 1.79. The molecule has 0 aliphatic rings. The van der Waals surface area contributed by atoms with Crippen LogP contribution >= 0.6 is 0 Å². The molecule has 1 aromatic heterocycles. The van der Waals surface area contributed by atoms with E-state index in [1.807, 2.05) is 20.8 Å². The first-order valence-corrected chi connectivity index (χ1v) is 8.77. The van der Waals surface area contributed by atoms with Gasteiger partial charge in [-0.1, -0.05) is 25.9 Å². The van der Waals surface area contributed by atoms with Crippen LogP contribution in [0, 0.1) is 22.9 Å². The number of benzene rings is 2. The molecule has 0 aliphatic heterocycles. The first-order chi connectivity index (χ1) is 13.6. The van der Waals surface area contributed by atoms with E-state index in [1.165, 1.54) is 6.92 Å². The van der Waals surface area contributed by atoms with Crippen molar-refractivity contribution in [2.45, 2.75) is 33.1 Å². The standard InChI is InChI=1S/C20H19FN4O4/c1-11-15(21)9-13(10-16(11)25(27)28)18(26)22-14-7-5-12(6-8-14)17-23-19(29-24-17)20(2,3)4/h5-10H,1-4H3,(H,22,26). The highest BCUT2D eigenvalue weighted by Crippen LogP contribution is 2.26. The molecule has 0 atom stereocenters. The van der Waals surface area contributed by atoms with Crippen LogP contribution in [-0.2, 0) is 5.41 Å². The second-order valence-electron chi connectivity index (χ2n) is 7.56. The molecule has 1 heterocycles. The number of amides is 1. The van der Waals surface area contributed by atoms with Crippen LogP contribution in [0.2, 0.25) is 0 Å². The van der Waals surface area contributed by atoms with Crippen LogP contribution in [-0.4, -0.2) is 21.0 Å². The number of aromatic nitrogens is 2. The number of anilines is 1. The zero-order valence-electron chi connectivity index (χ0n) is 16.3. The Morgan fingerprint density at radius 3 is 2.41 bits per heavy atom. The van der Waals surface area contributed by atoms with Gasteiger partial charge in [0.15, 0.2) is 0 Å². The number of nitro groups is 1. The zero-order chi connectivity index (χ0) is 21.3. The maximum atomic E-state index is 13.9. The van der Waals surface area contributed by atoms with E-state index >= 15 is 0 Å². The topological polar surface area (TPSA) is 111 Å². The lowest BCUT2D eigenvalue weighted by Gasteiger charge is -2.10. The smallest absolute Gasteiger partial charge is 0.276 e. The van der Waals surface area contributed by atoms with Gasteiger partial charge in [-0.15, -0.1) is 0 Å². The lowest BCUT2D eigenvalue weighted by molar-refractivity contribution is -0.385. The Labute approximate surface area is 165 Å². The Morgan fingerprint density at radius 2 is 1.86 bits per heavy atom. The van der Waals surface area contributed by atoms with Gasteiger partial charge in [-0.25, -0.2) is 4.39 Å². The van der Waals surface area contributed by atoms with E-state index in [4.69, 9.17) is 4.52 Å². The first kappa shape index (κ1) is 20.1. The van der Waals surface area contributed by atoms with Crippen molar-refractivity contribution in [1.29, 1.82) is 0 Å². The van der Waals surface area contributed by atoms with Gasteiger partial charge < -0.3 is 9.84 Å². The van der Waals surface area contributed by atoms with Crippen molar-refractivity contribution in [3.8, 4) is 11.4 Å². The number of rotatable bonds is 4. The molecule has 0 saturated carbocycles. The minimum Gasteiger partial charge on any atom is -0.338 e. The molecule has 0 aliphatic carbocycles. The van der Waals surface area contributed by atoms with Crippen LogP contribution in [0.5, 0.6) is 0 Å². The van der Waals surface area contributed by atoms with Gasteiger partial charge in [-0.3, -0.25) is 14.9 Å². The average molecular weight is 398 g/mol. The SMILES string of the molecule is Cc1c(F)cc(C(=O)Nc2ccc(-c3noc(C(C)(C)C)n3)cc2)cc1[N+](=O)[O-]. The van der Waals surface area contributed by atoms with Gasteiger partial charge in [0.2, 0.25) is 11.7 Å². The number of nitro benzene ring substituents is 1. The predicted molar refractivity (Wildman–Crippen MR) is 104 cm³/mol. The van der Waals surface area contributed by atoms with E-state index in [0.29, 0.717) is 23.0 Å². The number of halogens is 1. The van der Waals surface area contributed by atoms with Crippen molar-refractivity contribution in [3.05, 3.63) is 69.3 Å². The molecule has 2 aromatic carbocycles. The number of hydrogen-bond donors (Lipinski definition) is 1. The van der Waals surface area contributed by atoms with Gasteiger partial charge >= 0.3 is 0 Å². The van der Waals surface area contributed by atoms with E-state index in [0.717, 1.165) is 12.1 Å². The number of nitrogens with one attached hydrogen (secondary N) is 1. The van der Waals surface area contributed by atoms with Gasteiger partial charge in [0.05, 0.1) is 10.5 Å². The highest BCUT2D eigenvalue weighted by atomic mass is 19.1. The summed E-state index contributed by atoms with van der Waals surface area (Å²) in [4.78, 5) is 27.1. The molecule has 8 nitrogen and oxygen atoms in total. The average Bonchev–Trinajstić information content (AvgIpc) is 3.14. The maximum Gasteiger partial charge on any atom is 0.276 e. The molecule has 3 aromatic rings. The van der Waals surface area contributed by atoms with Crippen LogP contribution in [0.1, 0.15) is 42.6 Å². The van der Waals surface area contributed by atoms with Gasteiger partial charge in [-0.05, 0) is 37.3 Å². The second kappa shape index (κ2) is 7.42. The summed E-state index contributed by atoms with van der Waals surface area (Å²) in [6, 6.07) is 8.67. The molecule has 0 radical (unpaired) electrons.